The van der Waals surface area contributed by atoms with Gasteiger partial charge in [-0.1, -0.05) is 61.8 Å². The Kier molecular flexibility index (Phi) is 9.47. The summed E-state index contributed by atoms with van der Waals surface area (Å²) in [6.45, 7) is 6.68. The summed E-state index contributed by atoms with van der Waals surface area (Å²) in [5, 5.41) is 14.7. The molecule has 0 saturated carbocycles. The van der Waals surface area contributed by atoms with Crippen LogP contribution in [0.15, 0.2) is 76.1 Å². The molecule has 5 aromatic rings. The second kappa shape index (κ2) is 13.5. The molecule has 13 nitrogen and oxygen atoms in total. The van der Waals surface area contributed by atoms with Crippen LogP contribution in [-0.2, 0) is 21.5 Å². The van der Waals surface area contributed by atoms with Crippen LogP contribution < -0.4 is 16.2 Å². The number of carbonyl (C=O) groups is 3. The predicted octanol–water partition coefficient (Wildman–Crippen LogP) is 5.02. The van der Waals surface area contributed by atoms with Crippen LogP contribution in [0.4, 0.5) is 10.5 Å². The smallest absolute Gasteiger partial charge is 0.411 e. The average molecular weight is 658 g/mol. The number of amides is 2. The molecule has 3 heterocycles. The molecule has 2 N–H and O–H groups in total. The van der Waals surface area contributed by atoms with E-state index in [0.717, 1.165) is 22.6 Å². The number of nitrogens with zero attached hydrogens (tertiary/aromatic N) is 5. The summed E-state index contributed by atoms with van der Waals surface area (Å²) in [5.74, 6) is -1.58. The third kappa shape index (κ3) is 7.04. The van der Waals surface area contributed by atoms with E-state index in [1.54, 1.807) is 50.2 Å². The number of anilines is 1. The Hall–Kier alpha value is -5.43. The van der Waals surface area contributed by atoms with Crippen molar-refractivity contribution in [3.8, 4) is 11.4 Å². The highest BCUT2D eigenvalue weighted by atomic mass is 35.5. The lowest BCUT2D eigenvalue weighted by atomic mass is 9.88. The lowest BCUT2D eigenvalue weighted by molar-refractivity contribution is -0.122. The first-order chi connectivity index (χ1) is 22.4. The first-order valence-electron chi connectivity index (χ1n) is 14.6. The molecule has 1 atom stereocenters. The molecular formula is C33H32ClN7O6. The summed E-state index contributed by atoms with van der Waals surface area (Å²) in [7, 11) is 1.15. The lowest BCUT2D eigenvalue weighted by Gasteiger charge is -2.21. The molecule has 0 spiro atoms. The number of carbonyl (C=O) groups excluding carboxylic acids is 3. The van der Waals surface area contributed by atoms with Crippen molar-refractivity contribution in [1.82, 2.24) is 30.0 Å². The number of pyridine rings is 1. The number of hydrogen-bond donors (Lipinski definition) is 2. The molecule has 0 saturated heterocycles. The van der Waals surface area contributed by atoms with Gasteiger partial charge in [-0.05, 0) is 44.0 Å². The molecule has 5 rings (SSSR count). The van der Waals surface area contributed by atoms with Crippen molar-refractivity contribution in [2.75, 3.05) is 12.4 Å². The Morgan fingerprint density at radius 3 is 2.49 bits per heavy atom. The molecule has 0 radical (unpaired) electrons. The third-order valence-corrected chi connectivity index (χ3v) is 7.77. The van der Waals surface area contributed by atoms with Gasteiger partial charge in [-0.2, -0.15) is 0 Å². The van der Waals surface area contributed by atoms with Gasteiger partial charge in [0.15, 0.2) is 0 Å². The van der Waals surface area contributed by atoms with E-state index in [1.807, 2.05) is 38.1 Å². The topological polar surface area (TPSA) is 171 Å². The molecule has 0 fully saturated rings. The predicted molar refractivity (Wildman–Crippen MR) is 174 cm³/mol. The summed E-state index contributed by atoms with van der Waals surface area (Å²) in [5.41, 5.74) is 0.189. The van der Waals surface area contributed by atoms with Gasteiger partial charge in [-0.3, -0.25) is 29.3 Å². The summed E-state index contributed by atoms with van der Waals surface area (Å²) in [4.78, 5) is 61.3. The maximum absolute atomic E-state index is 13.6. The van der Waals surface area contributed by atoms with Crippen LogP contribution in [0.2, 0.25) is 5.02 Å². The Morgan fingerprint density at radius 1 is 1.04 bits per heavy atom. The Morgan fingerprint density at radius 2 is 1.79 bits per heavy atom. The zero-order chi connectivity index (χ0) is 33.9. The molecule has 3 aromatic heterocycles. The van der Waals surface area contributed by atoms with Crippen LogP contribution in [0.3, 0.4) is 0 Å². The number of methoxy groups -OCH3 is 1. The minimum Gasteiger partial charge on any atom is -0.453 e. The largest absolute Gasteiger partial charge is 0.453 e. The molecule has 1 unspecified atom stereocenters. The number of halogens is 1. The van der Waals surface area contributed by atoms with Gasteiger partial charge in [-0.15, -0.1) is 10.2 Å². The zero-order valence-corrected chi connectivity index (χ0v) is 27.0. The summed E-state index contributed by atoms with van der Waals surface area (Å²) in [6, 6.07) is 16.8. The maximum atomic E-state index is 13.6. The van der Waals surface area contributed by atoms with Crippen LogP contribution in [0, 0.1) is 5.92 Å². The number of ketones is 1. The second-order valence-corrected chi connectivity index (χ2v) is 12.0. The fraction of sp³-hybridized carbons (Fsp3) is 0.273. The zero-order valence-electron chi connectivity index (χ0n) is 26.3. The van der Waals surface area contributed by atoms with E-state index < -0.39 is 41.3 Å². The van der Waals surface area contributed by atoms with Crippen LogP contribution in [-0.4, -0.2) is 55.7 Å². The number of aromatic nitrogens is 5. The molecule has 242 valence electrons. The van der Waals surface area contributed by atoms with E-state index >= 15 is 0 Å². The molecule has 2 amide bonds. The number of hydrogen-bond acceptors (Lipinski definition) is 10. The van der Waals surface area contributed by atoms with Crippen LogP contribution in [0.25, 0.3) is 22.3 Å². The fourth-order valence-electron chi connectivity index (χ4n) is 4.86. The van der Waals surface area contributed by atoms with Crippen LogP contribution in [0.5, 0.6) is 0 Å². The van der Waals surface area contributed by atoms with E-state index in [1.165, 1.54) is 6.20 Å². The Labute approximate surface area is 274 Å². The summed E-state index contributed by atoms with van der Waals surface area (Å²) >= 11 is 6.11. The fourth-order valence-corrected chi connectivity index (χ4v) is 5.04. The van der Waals surface area contributed by atoms with Crippen molar-refractivity contribution in [3.05, 3.63) is 99.7 Å². The minimum absolute atomic E-state index is 0.163. The molecular weight excluding hydrogens is 626 g/mol. The Balaban J connectivity index is 1.39. The monoisotopic (exact) mass is 657 g/mol. The van der Waals surface area contributed by atoms with Crippen LogP contribution in [0.1, 0.15) is 50.0 Å². The molecule has 0 aliphatic carbocycles. The highest BCUT2D eigenvalue weighted by molar-refractivity contribution is 6.31. The average Bonchev–Trinajstić information content (AvgIpc) is 3.57. The Bertz CT molecular complexity index is 2020. The van der Waals surface area contributed by atoms with Crippen molar-refractivity contribution in [2.45, 2.75) is 45.7 Å². The van der Waals surface area contributed by atoms with E-state index in [-0.39, 0.29) is 29.2 Å². The highest BCUT2D eigenvalue weighted by Crippen LogP contribution is 2.31. The van der Waals surface area contributed by atoms with Gasteiger partial charge < -0.3 is 14.5 Å². The molecule has 0 aliphatic heterocycles. The lowest BCUT2D eigenvalue weighted by Crippen LogP contribution is -2.46. The number of benzene rings is 2. The molecule has 0 aliphatic rings. The van der Waals surface area contributed by atoms with E-state index in [2.05, 4.69) is 30.6 Å². The van der Waals surface area contributed by atoms with Gasteiger partial charge in [0, 0.05) is 16.0 Å². The van der Waals surface area contributed by atoms with Crippen molar-refractivity contribution in [2.24, 2.45) is 5.92 Å². The third-order valence-electron chi connectivity index (χ3n) is 7.53. The maximum Gasteiger partial charge on any atom is 0.411 e. The summed E-state index contributed by atoms with van der Waals surface area (Å²) in [6.07, 6.45) is 0.315. The van der Waals surface area contributed by atoms with Gasteiger partial charge in [0.25, 0.3) is 11.4 Å². The van der Waals surface area contributed by atoms with E-state index in [9.17, 15) is 19.2 Å². The minimum atomic E-state index is -1.07. The van der Waals surface area contributed by atoms with Crippen molar-refractivity contribution >= 4 is 46.0 Å². The molecule has 0 bridgehead atoms. The molecule has 47 heavy (non-hydrogen) atoms. The van der Waals surface area contributed by atoms with Crippen molar-refractivity contribution in [1.29, 1.82) is 0 Å². The van der Waals surface area contributed by atoms with Gasteiger partial charge in [0.1, 0.15) is 18.1 Å². The number of nitrogens with one attached hydrogen (secondary N) is 2. The van der Waals surface area contributed by atoms with E-state index in [0.29, 0.717) is 16.3 Å². The number of Topliss-reactive ketones (excluding diaryl/α,β-unsaturated/α-hetero) is 1. The normalized spacial score (nSPS) is 12.1. The first-order valence-corrected chi connectivity index (χ1v) is 15.0. The van der Waals surface area contributed by atoms with Gasteiger partial charge in [0.05, 0.1) is 36.0 Å². The standard InChI is InChI=1S/C33H32ClN7O6/c1-18(2)26(27(43)29-39-40-31(47-29)33(3,4)24-14-11-20-15-21(34)12-13-22(20)36-24)38-25(42)17-41-28(19-9-7-6-8-10-19)35-16-23(30(41)44)37-32(45)46-5/h6-16,18,26H,17H2,1-5H3,(H,37,45)(H,38,42). The highest BCUT2D eigenvalue weighted by Gasteiger charge is 2.35. The van der Waals surface area contributed by atoms with Gasteiger partial charge >= 0.3 is 6.09 Å². The number of fused-ring (bicyclic) bond motifs is 1. The number of rotatable bonds is 10. The van der Waals surface area contributed by atoms with Crippen molar-refractivity contribution in [3.63, 3.8) is 0 Å². The van der Waals surface area contributed by atoms with E-state index in [4.69, 9.17) is 21.0 Å². The first kappa shape index (κ1) is 32.9. The van der Waals surface area contributed by atoms with Crippen LogP contribution >= 0.6 is 11.6 Å². The molecule has 14 heteroatoms. The number of ether oxygens (including phenoxy) is 1. The van der Waals surface area contributed by atoms with Crippen molar-refractivity contribution < 1.29 is 23.5 Å². The second-order valence-electron chi connectivity index (χ2n) is 11.6. The van der Waals surface area contributed by atoms with Gasteiger partial charge in [0.2, 0.25) is 17.6 Å². The summed E-state index contributed by atoms with van der Waals surface area (Å²) < 4.78 is 11.6. The quantitative estimate of drug-likeness (QED) is 0.194. The van der Waals surface area contributed by atoms with Gasteiger partial charge in [-0.25, -0.2) is 9.78 Å². The molecule has 2 aromatic carbocycles. The SMILES string of the molecule is COC(=O)Nc1cnc(-c2ccccc2)n(CC(=O)NC(C(=O)c2nnc(C(C)(C)c3ccc4cc(Cl)ccc4n3)o2)C(C)C)c1=O.